The molecule has 4 rings (SSSR count). The lowest BCUT2D eigenvalue weighted by molar-refractivity contribution is -0.167. The van der Waals surface area contributed by atoms with Gasteiger partial charge in [0.15, 0.2) is 17.5 Å². The molecule has 0 N–H and O–H groups in total. The Balaban J connectivity index is 1.78. The number of hydrogen-bond donors (Lipinski definition) is 0. The van der Waals surface area contributed by atoms with Crippen molar-refractivity contribution in [3.63, 3.8) is 0 Å². The van der Waals surface area contributed by atoms with E-state index in [2.05, 4.69) is 15.0 Å². The molecule has 7 nitrogen and oxygen atoms in total. The maximum Gasteiger partial charge on any atom is 0.406 e. The van der Waals surface area contributed by atoms with Gasteiger partial charge in [-0.1, -0.05) is 13.8 Å². The lowest BCUT2D eigenvalue weighted by atomic mass is 10.1. The number of benzene rings is 1. The van der Waals surface area contributed by atoms with Gasteiger partial charge in [-0.05, 0) is 12.5 Å². The second-order valence-corrected chi connectivity index (χ2v) is 8.85. The van der Waals surface area contributed by atoms with Crippen LogP contribution >= 0.6 is 0 Å². The maximum absolute atomic E-state index is 13.9. The molecule has 1 atom stereocenters. The Labute approximate surface area is 203 Å². The van der Waals surface area contributed by atoms with Gasteiger partial charge in [0.1, 0.15) is 18.3 Å². The number of pyridine rings is 1. The van der Waals surface area contributed by atoms with E-state index in [0.29, 0.717) is 5.56 Å². The van der Waals surface area contributed by atoms with Crippen molar-refractivity contribution in [3.05, 3.63) is 47.8 Å². The molecule has 3 heterocycles. The van der Waals surface area contributed by atoms with Crippen molar-refractivity contribution >= 4 is 22.8 Å². The van der Waals surface area contributed by atoms with Crippen molar-refractivity contribution < 1.29 is 26.7 Å². The van der Waals surface area contributed by atoms with Crippen LogP contribution in [0.15, 0.2) is 30.6 Å². The van der Waals surface area contributed by atoms with Gasteiger partial charge in [-0.15, -0.1) is 0 Å². The second-order valence-electron chi connectivity index (χ2n) is 8.85. The molecule has 1 aliphatic heterocycles. The minimum Gasteiger partial charge on any atom is -0.353 e. The number of amides is 1. The highest BCUT2D eigenvalue weighted by Gasteiger charge is 2.40. The fourth-order valence-electron chi connectivity index (χ4n) is 4.19. The van der Waals surface area contributed by atoms with E-state index in [4.69, 9.17) is 0 Å². The van der Waals surface area contributed by atoms with Crippen LogP contribution in [0.1, 0.15) is 25.8 Å². The van der Waals surface area contributed by atoms with Crippen LogP contribution in [-0.2, 0) is 4.79 Å². The fraction of sp³-hybridized carbons (Fsp3) is 0.375. The van der Waals surface area contributed by atoms with Gasteiger partial charge in [0.2, 0.25) is 5.91 Å². The molecule has 3 aromatic rings. The molecule has 0 saturated carbocycles. The van der Waals surface area contributed by atoms with E-state index in [0.717, 1.165) is 17.0 Å². The number of nitrogens with zero attached hydrogens (tertiary/aromatic N) is 6. The summed E-state index contributed by atoms with van der Waals surface area (Å²) in [6.07, 6.45) is -1.57. The van der Waals surface area contributed by atoms with Gasteiger partial charge in [0.05, 0.1) is 22.6 Å². The summed E-state index contributed by atoms with van der Waals surface area (Å²) in [5, 5.41) is 9.26. The van der Waals surface area contributed by atoms with E-state index >= 15 is 0 Å². The van der Waals surface area contributed by atoms with Gasteiger partial charge in [-0.3, -0.25) is 9.78 Å². The van der Waals surface area contributed by atoms with Gasteiger partial charge < -0.3 is 9.80 Å². The molecule has 12 heteroatoms. The third-order valence-electron chi connectivity index (χ3n) is 5.86. The number of rotatable bonds is 5. The normalized spacial score (nSPS) is 16.0. The highest BCUT2D eigenvalue weighted by atomic mass is 19.4. The van der Waals surface area contributed by atoms with Gasteiger partial charge >= 0.3 is 6.18 Å². The highest BCUT2D eigenvalue weighted by molar-refractivity contribution is 5.84. The summed E-state index contributed by atoms with van der Waals surface area (Å²) in [4.78, 5) is 28.0. The van der Waals surface area contributed by atoms with Crippen molar-refractivity contribution in [2.75, 3.05) is 24.5 Å². The molecule has 188 valence electrons. The lowest BCUT2D eigenvalue weighted by Crippen LogP contribution is -2.48. The number of hydrogen-bond acceptors (Lipinski definition) is 6. The quantitative estimate of drug-likeness (QED) is 0.477. The summed E-state index contributed by atoms with van der Waals surface area (Å²) in [5.41, 5.74) is 0.905. The molecule has 1 aromatic carbocycles. The van der Waals surface area contributed by atoms with Crippen LogP contribution in [0.2, 0.25) is 0 Å². The third kappa shape index (κ3) is 5.19. The Morgan fingerprint density at radius 1 is 1.17 bits per heavy atom. The molecule has 1 saturated heterocycles. The Kier molecular flexibility index (Phi) is 6.75. The first-order valence-corrected chi connectivity index (χ1v) is 11.1. The predicted molar refractivity (Wildman–Crippen MR) is 121 cm³/mol. The second kappa shape index (κ2) is 9.64. The first-order chi connectivity index (χ1) is 17.0. The van der Waals surface area contributed by atoms with Crippen LogP contribution in [0.25, 0.3) is 22.3 Å². The van der Waals surface area contributed by atoms with Crippen molar-refractivity contribution in [1.29, 1.82) is 5.26 Å². The fourth-order valence-corrected chi connectivity index (χ4v) is 4.19. The molecule has 36 heavy (non-hydrogen) atoms. The SMILES string of the molecule is CC(C)C(=O)N(CC(F)(F)F)[C@H]1CCN(c2nc3cc(F)c(F)cc3nc2-c2cncc(C#N)c2)C1. The van der Waals surface area contributed by atoms with Crippen LogP contribution in [0.3, 0.4) is 0 Å². The van der Waals surface area contributed by atoms with Crippen molar-refractivity contribution in [2.24, 2.45) is 5.92 Å². The summed E-state index contributed by atoms with van der Waals surface area (Å²) in [6, 6.07) is 4.49. The number of carbonyl (C=O) groups is 1. The molecule has 0 radical (unpaired) electrons. The van der Waals surface area contributed by atoms with Crippen LogP contribution < -0.4 is 4.90 Å². The van der Waals surface area contributed by atoms with E-state index in [1.165, 1.54) is 32.3 Å². The zero-order valence-corrected chi connectivity index (χ0v) is 19.4. The molecule has 1 amide bonds. The number of carbonyl (C=O) groups excluding carboxylic acids is 1. The monoisotopic (exact) mass is 504 g/mol. The van der Waals surface area contributed by atoms with E-state index in [1.54, 1.807) is 4.90 Å². The number of aromatic nitrogens is 3. The zero-order valence-electron chi connectivity index (χ0n) is 19.4. The molecule has 0 spiro atoms. The average Bonchev–Trinajstić information content (AvgIpc) is 3.31. The molecule has 0 unspecified atom stereocenters. The Morgan fingerprint density at radius 3 is 2.44 bits per heavy atom. The number of fused-ring (bicyclic) bond motifs is 1. The highest BCUT2D eigenvalue weighted by Crippen LogP contribution is 2.34. The summed E-state index contributed by atoms with van der Waals surface area (Å²) >= 11 is 0. The van der Waals surface area contributed by atoms with Gasteiger partial charge in [-0.25, -0.2) is 18.7 Å². The number of anilines is 1. The van der Waals surface area contributed by atoms with E-state index < -0.39 is 42.2 Å². The summed E-state index contributed by atoms with van der Waals surface area (Å²) in [7, 11) is 0. The molecular weight excluding hydrogens is 483 g/mol. The molecule has 1 fully saturated rings. The zero-order chi connectivity index (χ0) is 26.2. The standard InChI is InChI=1S/C24H21F5N6O/c1-13(2)23(36)35(12-24(27,28)29)16-3-4-34(11-16)22-21(15-5-14(8-30)9-31-10-15)32-19-6-17(25)18(26)7-20(19)33-22/h5-7,9-10,13,16H,3-4,11-12H2,1-2H3/t16-/m0/s1. The molecular formula is C24H21F5N6O. The summed E-state index contributed by atoms with van der Waals surface area (Å²) < 4.78 is 67.6. The lowest BCUT2D eigenvalue weighted by Gasteiger charge is -2.31. The van der Waals surface area contributed by atoms with Crippen LogP contribution in [-0.4, -0.2) is 57.6 Å². The van der Waals surface area contributed by atoms with Gasteiger partial charge in [0.25, 0.3) is 0 Å². The van der Waals surface area contributed by atoms with Crippen molar-refractivity contribution in [1.82, 2.24) is 19.9 Å². The Hall–Kier alpha value is -3.88. The van der Waals surface area contributed by atoms with Crippen LogP contribution in [0, 0.1) is 28.9 Å². The molecule has 0 aliphatic carbocycles. The Bertz CT molecular complexity index is 1350. The first kappa shape index (κ1) is 25.2. The smallest absolute Gasteiger partial charge is 0.353 e. The molecule has 0 bridgehead atoms. The minimum absolute atomic E-state index is 0.0246. The minimum atomic E-state index is -4.57. The maximum atomic E-state index is 13.9. The van der Waals surface area contributed by atoms with E-state index in [9.17, 15) is 32.0 Å². The Morgan fingerprint density at radius 2 is 1.83 bits per heavy atom. The molecule has 2 aromatic heterocycles. The summed E-state index contributed by atoms with van der Waals surface area (Å²) in [6.45, 7) is 1.96. The largest absolute Gasteiger partial charge is 0.406 e. The average molecular weight is 504 g/mol. The molecule has 1 aliphatic rings. The number of nitriles is 1. The summed E-state index contributed by atoms with van der Waals surface area (Å²) in [5.74, 6) is -3.28. The van der Waals surface area contributed by atoms with Crippen LogP contribution in [0.5, 0.6) is 0 Å². The number of alkyl halides is 3. The van der Waals surface area contributed by atoms with E-state index in [1.807, 2.05) is 6.07 Å². The van der Waals surface area contributed by atoms with E-state index in [-0.39, 0.29) is 47.6 Å². The van der Waals surface area contributed by atoms with Crippen molar-refractivity contribution in [3.8, 4) is 17.3 Å². The van der Waals surface area contributed by atoms with Gasteiger partial charge in [0, 0.05) is 49.1 Å². The predicted octanol–water partition coefficient (Wildman–Crippen LogP) is 4.47. The first-order valence-electron chi connectivity index (χ1n) is 11.1. The van der Waals surface area contributed by atoms with Crippen LogP contribution in [0.4, 0.5) is 27.8 Å². The third-order valence-corrected chi connectivity index (χ3v) is 5.86. The van der Waals surface area contributed by atoms with Crippen molar-refractivity contribution in [2.45, 2.75) is 32.5 Å². The van der Waals surface area contributed by atoms with Gasteiger partial charge in [-0.2, -0.15) is 18.4 Å². The number of halogens is 5. The topological polar surface area (TPSA) is 86.0 Å².